The first-order valence-corrected chi connectivity index (χ1v) is 5.77. The van der Waals surface area contributed by atoms with E-state index in [4.69, 9.17) is 0 Å². The van der Waals surface area contributed by atoms with Crippen LogP contribution in [0.15, 0.2) is 72.0 Å². The third-order valence-electron chi connectivity index (χ3n) is 2.26. The van der Waals surface area contributed by atoms with Gasteiger partial charge in [-0.2, -0.15) is 5.10 Å². The number of nitrogens with one attached hydrogen (secondary N) is 1. The van der Waals surface area contributed by atoms with E-state index in [1.165, 1.54) is 0 Å². The van der Waals surface area contributed by atoms with Gasteiger partial charge in [0, 0.05) is 14.1 Å². The standard InChI is InChI=1S/C15H19N3/c1-4-8-14(11-12-16-2)13-17-18(3)15-9-6-5-7-10-15/h4-13,16H,1H2,2-3H3. The van der Waals surface area contributed by atoms with Crippen LogP contribution in [0.3, 0.4) is 0 Å². The summed E-state index contributed by atoms with van der Waals surface area (Å²) in [5, 5.41) is 9.15. The molecule has 0 unspecified atom stereocenters. The highest BCUT2D eigenvalue weighted by Crippen LogP contribution is 2.10. The Morgan fingerprint density at radius 1 is 1.33 bits per heavy atom. The third kappa shape index (κ3) is 4.70. The largest absolute Gasteiger partial charge is 0.394 e. The number of allylic oxidation sites excluding steroid dienone is 4. The first-order valence-electron chi connectivity index (χ1n) is 5.77. The Kier molecular flexibility index (Phi) is 6.04. The molecule has 0 spiro atoms. The lowest BCUT2D eigenvalue weighted by atomic mass is 10.2. The lowest BCUT2D eigenvalue weighted by Crippen LogP contribution is -2.08. The first-order chi connectivity index (χ1) is 8.77. The van der Waals surface area contributed by atoms with Crippen molar-refractivity contribution in [1.29, 1.82) is 0 Å². The number of nitrogens with zero attached hydrogens (tertiary/aromatic N) is 2. The maximum atomic E-state index is 4.38. The summed E-state index contributed by atoms with van der Waals surface area (Å²) in [5.74, 6) is 0. The average molecular weight is 241 g/mol. The van der Waals surface area contributed by atoms with Gasteiger partial charge in [0.2, 0.25) is 0 Å². The molecule has 1 aromatic rings. The van der Waals surface area contributed by atoms with Crippen molar-refractivity contribution >= 4 is 11.9 Å². The molecular weight excluding hydrogens is 222 g/mol. The molecule has 0 saturated carbocycles. The number of hydrazone groups is 1. The number of anilines is 1. The second-order valence-corrected chi connectivity index (χ2v) is 3.63. The Bertz CT molecular complexity index is 444. The number of benzene rings is 1. The summed E-state index contributed by atoms with van der Waals surface area (Å²) in [5.41, 5.74) is 2.02. The smallest absolute Gasteiger partial charge is 0.0590 e. The van der Waals surface area contributed by atoms with Gasteiger partial charge >= 0.3 is 0 Å². The minimum atomic E-state index is 0.974. The predicted octanol–water partition coefficient (Wildman–Crippen LogP) is 2.95. The van der Waals surface area contributed by atoms with E-state index in [1.54, 1.807) is 12.3 Å². The summed E-state index contributed by atoms with van der Waals surface area (Å²) in [6.45, 7) is 3.69. The van der Waals surface area contributed by atoms with E-state index in [9.17, 15) is 0 Å². The molecule has 18 heavy (non-hydrogen) atoms. The molecule has 0 bridgehead atoms. The monoisotopic (exact) mass is 241 g/mol. The average Bonchev–Trinajstić information content (AvgIpc) is 2.42. The molecule has 0 saturated heterocycles. The van der Waals surface area contributed by atoms with Gasteiger partial charge in [0.05, 0.1) is 11.9 Å². The lowest BCUT2D eigenvalue weighted by Gasteiger charge is -2.12. The third-order valence-corrected chi connectivity index (χ3v) is 2.26. The molecule has 0 radical (unpaired) electrons. The zero-order valence-electron chi connectivity index (χ0n) is 10.9. The molecule has 0 aliphatic heterocycles. The second kappa shape index (κ2) is 7.90. The highest BCUT2D eigenvalue weighted by Gasteiger charge is 1.95. The Morgan fingerprint density at radius 3 is 2.67 bits per heavy atom. The fourth-order valence-electron chi connectivity index (χ4n) is 1.32. The highest BCUT2D eigenvalue weighted by molar-refractivity contribution is 5.83. The second-order valence-electron chi connectivity index (χ2n) is 3.63. The van der Waals surface area contributed by atoms with Crippen molar-refractivity contribution in [2.24, 2.45) is 5.10 Å². The molecule has 3 nitrogen and oxygen atoms in total. The Labute approximate surface area is 109 Å². The Balaban J connectivity index is 2.75. The van der Waals surface area contributed by atoms with Crippen molar-refractivity contribution in [3.05, 3.63) is 66.9 Å². The van der Waals surface area contributed by atoms with E-state index < -0.39 is 0 Å². The Morgan fingerprint density at radius 2 is 2.06 bits per heavy atom. The summed E-state index contributed by atoms with van der Waals surface area (Å²) in [6.07, 6.45) is 9.22. The van der Waals surface area contributed by atoms with Crippen LogP contribution in [0.4, 0.5) is 5.69 Å². The van der Waals surface area contributed by atoms with Gasteiger partial charge in [-0.05, 0) is 30.0 Å². The van der Waals surface area contributed by atoms with E-state index in [2.05, 4.69) is 17.0 Å². The van der Waals surface area contributed by atoms with Gasteiger partial charge in [-0.1, -0.05) is 36.9 Å². The van der Waals surface area contributed by atoms with Gasteiger partial charge in [-0.25, -0.2) is 0 Å². The van der Waals surface area contributed by atoms with Crippen molar-refractivity contribution in [3.8, 4) is 0 Å². The molecule has 0 fully saturated rings. The summed E-state index contributed by atoms with van der Waals surface area (Å²) in [7, 11) is 3.77. The molecule has 0 heterocycles. The summed E-state index contributed by atoms with van der Waals surface area (Å²) < 4.78 is 0. The van der Waals surface area contributed by atoms with Crippen LogP contribution in [-0.4, -0.2) is 20.3 Å². The molecule has 0 amide bonds. The predicted molar refractivity (Wildman–Crippen MR) is 79.8 cm³/mol. The van der Waals surface area contributed by atoms with Gasteiger partial charge < -0.3 is 5.32 Å². The van der Waals surface area contributed by atoms with Crippen molar-refractivity contribution in [3.63, 3.8) is 0 Å². The number of hydrogen-bond acceptors (Lipinski definition) is 3. The zero-order valence-corrected chi connectivity index (χ0v) is 10.9. The van der Waals surface area contributed by atoms with Crippen LogP contribution in [0.1, 0.15) is 0 Å². The van der Waals surface area contributed by atoms with Gasteiger partial charge in [0.1, 0.15) is 0 Å². The van der Waals surface area contributed by atoms with Crippen LogP contribution in [0.2, 0.25) is 0 Å². The number of rotatable bonds is 6. The summed E-state index contributed by atoms with van der Waals surface area (Å²) in [4.78, 5) is 0. The van der Waals surface area contributed by atoms with Crippen molar-refractivity contribution in [1.82, 2.24) is 5.32 Å². The molecule has 0 aliphatic rings. The quantitative estimate of drug-likeness (QED) is 0.471. The zero-order chi connectivity index (χ0) is 13.2. The van der Waals surface area contributed by atoms with E-state index in [1.807, 2.05) is 67.8 Å². The molecule has 1 aromatic carbocycles. The van der Waals surface area contributed by atoms with Crippen LogP contribution in [-0.2, 0) is 0 Å². The number of hydrogen-bond donors (Lipinski definition) is 1. The first kappa shape index (κ1) is 13.8. The fraction of sp³-hybridized carbons (Fsp3) is 0.133. The SMILES string of the molecule is C=CC=C(C=CNC)C=NN(C)c1ccccc1. The van der Waals surface area contributed by atoms with E-state index in [0.29, 0.717) is 0 Å². The molecule has 0 atom stereocenters. The molecule has 0 aromatic heterocycles. The normalized spacial score (nSPS) is 12.0. The van der Waals surface area contributed by atoms with Crippen molar-refractivity contribution in [2.75, 3.05) is 19.1 Å². The van der Waals surface area contributed by atoms with Crippen LogP contribution in [0, 0.1) is 0 Å². The molecule has 3 heteroatoms. The molecule has 1 rings (SSSR count). The van der Waals surface area contributed by atoms with Crippen molar-refractivity contribution < 1.29 is 0 Å². The van der Waals surface area contributed by atoms with Gasteiger partial charge in [-0.15, -0.1) is 0 Å². The minimum Gasteiger partial charge on any atom is -0.394 e. The van der Waals surface area contributed by atoms with Crippen LogP contribution < -0.4 is 10.3 Å². The topological polar surface area (TPSA) is 27.6 Å². The maximum Gasteiger partial charge on any atom is 0.0590 e. The van der Waals surface area contributed by atoms with Gasteiger partial charge in [0.15, 0.2) is 0 Å². The van der Waals surface area contributed by atoms with E-state index in [-0.39, 0.29) is 0 Å². The molecule has 94 valence electrons. The molecular formula is C15H19N3. The van der Waals surface area contributed by atoms with Crippen molar-refractivity contribution in [2.45, 2.75) is 0 Å². The fourth-order valence-corrected chi connectivity index (χ4v) is 1.32. The van der Waals surface area contributed by atoms with E-state index in [0.717, 1.165) is 11.3 Å². The summed E-state index contributed by atoms with van der Waals surface area (Å²) in [6, 6.07) is 9.99. The van der Waals surface area contributed by atoms with Crippen LogP contribution in [0.5, 0.6) is 0 Å². The van der Waals surface area contributed by atoms with Crippen LogP contribution >= 0.6 is 0 Å². The van der Waals surface area contributed by atoms with Crippen LogP contribution in [0.25, 0.3) is 0 Å². The van der Waals surface area contributed by atoms with E-state index >= 15 is 0 Å². The maximum absolute atomic E-state index is 4.38. The Hall–Kier alpha value is -2.29. The highest BCUT2D eigenvalue weighted by atomic mass is 15.4. The van der Waals surface area contributed by atoms with Gasteiger partial charge in [-0.3, -0.25) is 5.01 Å². The molecule has 1 N–H and O–H groups in total. The minimum absolute atomic E-state index is 0.974. The number of para-hydroxylation sites is 1. The lowest BCUT2D eigenvalue weighted by molar-refractivity contribution is 1.02. The van der Waals surface area contributed by atoms with Gasteiger partial charge in [0.25, 0.3) is 0 Å². The summed E-state index contributed by atoms with van der Waals surface area (Å²) >= 11 is 0. The molecule has 0 aliphatic carbocycles.